The van der Waals surface area contributed by atoms with Gasteiger partial charge in [-0.25, -0.2) is 9.59 Å². The van der Waals surface area contributed by atoms with Crippen molar-refractivity contribution in [1.82, 2.24) is 0 Å². The van der Waals surface area contributed by atoms with Crippen LogP contribution in [0.3, 0.4) is 0 Å². The average Bonchev–Trinajstić information content (AvgIpc) is 3.43. The Morgan fingerprint density at radius 3 is 1.74 bits per heavy atom. The van der Waals surface area contributed by atoms with E-state index in [0.717, 1.165) is 36.8 Å². The lowest BCUT2D eigenvalue weighted by molar-refractivity contribution is 0.0686. The summed E-state index contributed by atoms with van der Waals surface area (Å²) in [6.07, 6.45) is 10.5. The van der Waals surface area contributed by atoms with Crippen LogP contribution in [0, 0.1) is 0 Å². The topological polar surface area (TPSA) is 74.6 Å². The highest BCUT2D eigenvalue weighted by Crippen LogP contribution is 2.47. The fourth-order valence-electron chi connectivity index (χ4n) is 6.22. The number of hydrogen-bond acceptors (Lipinski definition) is 2. The zero-order valence-electron chi connectivity index (χ0n) is 20.0. The van der Waals surface area contributed by atoms with Crippen LogP contribution in [0.4, 0.5) is 0 Å². The summed E-state index contributed by atoms with van der Waals surface area (Å²) in [7, 11) is 0. The number of hydrogen-bond donors (Lipinski definition) is 2. The van der Waals surface area contributed by atoms with Gasteiger partial charge in [0.2, 0.25) is 0 Å². The first kappa shape index (κ1) is 23.3. The van der Waals surface area contributed by atoms with Crippen molar-refractivity contribution in [2.45, 2.75) is 69.6 Å². The molecule has 4 heteroatoms. The normalized spacial score (nSPS) is 16.9. The van der Waals surface area contributed by atoms with E-state index in [1.807, 2.05) is 24.3 Å². The van der Waals surface area contributed by atoms with Gasteiger partial charge in [0.1, 0.15) is 0 Å². The van der Waals surface area contributed by atoms with Gasteiger partial charge < -0.3 is 10.2 Å². The summed E-state index contributed by atoms with van der Waals surface area (Å²) in [4.78, 5) is 24.5. The lowest BCUT2D eigenvalue weighted by Crippen LogP contribution is -2.11. The molecule has 0 aromatic heterocycles. The van der Waals surface area contributed by atoms with Crippen molar-refractivity contribution in [3.8, 4) is 22.3 Å². The molecule has 0 bridgehead atoms. The molecule has 4 nitrogen and oxygen atoms in total. The first-order chi connectivity index (χ1) is 17.0. The van der Waals surface area contributed by atoms with Crippen LogP contribution in [0.5, 0.6) is 0 Å². The minimum Gasteiger partial charge on any atom is -0.478 e. The van der Waals surface area contributed by atoms with Crippen LogP contribution < -0.4 is 0 Å². The Morgan fingerprint density at radius 2 is 1.11 bits per heavy atom. The number of carboxylic acids is 2. The predicted molar refractivity (Wildman–Crippen MR) is 138 cm³/mol. The van der Waals surface area contributed by atoms with Crippen molar-refractivity contribution in [1.29, 1.82) is 0 Å². The van der Waals surface area contributed by atoms with E-state index in [2.05, 4.69) is 12.1 Å². The van der Waals surface area contributed by atoms with Gasteiger partial charge in [0.25, 0.3) is 0 Å². The van der Waals surface area contributed by atoms with E-state index in [-0.39, 0.29) is 11.1 Å². The van der Waals surface area contributed by atoms with Crippen LogP contribution >= 0.6 is 0 Å². The second-order valence-corrected chi connectivity index (χ2v) is 10.1. The Bertz CT molecular complexity index is 1250. The summed E-state index contributed by atoms with van der Waals surface area (Å²) in [6.45, 7) is 0. The Kier molecular flexibility index (Phi) is 6.72. The van der Waals surface area contributed by atoms with Crippen molar-refractivity contribution in [3.63, 3.8) is 0 Å². The van der Waals surface area contributed by atoms with Gasteiger partial charge in [0.05, 0.1) is 11.1 Å². The van der Waals surface area contributed by atoms with Crippen LogP contribution in [0.25, 0.3) is 22.3 Å². The molecular weight excluding hydrogens is 436 g/mol. The largest absolute Gasteiger partial charge is 0.478 e. The van der Waals surface area contributed by atoms with Crippen molar-refractivity contribution in [2.24, 2.45) is 0 Å². The molecule has 0 radical (unpaired) electrons. The Labute approximate surface area is 206 Å². The van der Waals surface area contributed by atoms with Gasteiger partial charge in [0, 0.05) is 0 Å². The molecule has 2 saturated carbocycles. The van der Waals surface area contributed by atoms with Crippen molar-refractivity contribution >= 4 is 11.9 Å². The molecule has 2 fully saturated rings. The maximum atomic E-state index is 12.3. The van der Waals surface area contributed by atoms with Crippen molar-refractivity contribution < 1.29 is 19.8 Å². The number of carbonyl (C=O) groups is 2. The van der Waals surface area contributed by atoms with Gasteiger partial charge in [-0.2, -0.15) is 0 Å². The quantitative estimate of drug-likeness (QED) is 0.383. The molecule has 0 heterocycles. The second-order valence-electron chi connectivity index (χ2n) is 10.1. The highest BCUT2D eigenvalue weighted by molar-refractivity contribution is 6.03. The van der Waals surface area contributed by atoms with E-state index >= 15 is 0 Å². The van der Waals surface area contributed by atoms with E-state index < -0.39 is 11.9 Å². The number of benzene rings is 3. The Balaban J connectivity index is 1.86. The fraction of sp³-hybridized carbons (Fsp3) is 0.355. The van der Waals surface area contributed by atoms with E-state index in [0.29, 0.717) is 23.0 Å². The monoisotopic (exact) mass is 468 g/mol. The molecule has 0 saturated heterocycles. The lowest BCUT2D eigenvalue weighted by Gasteiger charge is -2.29. The molecule has 0 amide bonds. The second kappa shape index (κ2) is 10.1. The SMILES string of the molecule is O=C(O)c1ccccc1-c1cc(C2CCCC2)cc(C2CCCCC2)c1-c1ccccc1C(=O)O. The van der Waals surface area contributed by atoms with Crippen LogP contribution in [-0.2, 0) is 0 Å². The predicted octanol–water partition coefficient (Wildman–Crippen LogP) is 8.12. The summed E-state index contributed by atoms with van der Waals surface area (Å²) in [5, 5.41) is 20.1. The zero-order valence-corrected chi connectivity index (χ0v) is 20.0. The molecular formula is C31H32O4. The van der Waals surface area contributed by atoms with Gasteiger partial charge in [-0.3, -0.25) is 0 Å². The molecule has 0 aliphatic heterocycles. The van der Waals surface area contributed by atoms with E-state index in [4.69, 9.17) is 0 Å². The summed E-state index contributed by atoms with van der Waals surface area (Å²) in [5.74, 6) is -1.12. The molecule has 3 aromatic rings. The Hall–Kier alpha value is -3.40. The summed E-state index contributed by atoms with van der Waals surface area (Å²) >= 11 is 0. The average molecular weight is 469 g/mol. The molecule has 5 rings (SSSR count). The van der Waals surface area contributed by atoms with E-state index in [1.165, 1.54) is 43.2 Å². The van der Waals surface area contributed by atoms with E-state index in [9.17, 15) is 19.8 Å². The van der Waals surface area contributed by atoms with Crippen molar-refractivity contribution in [2.75, 3.05) is 0 Å². The van der Waals surface area contributed by atoms with Gasteiger partial charge in [-0.05, 0) is 83.0 Å². The first-order valence-electron chi connectivity index (χ1n) is 12.9. The molecule has 35 heavy (non-hydrogen) atoms. The molecule has 0 spiro atoms. The van der Waals surface area contributed by atoms with Crippen LogP contribution in [-0.4, -0.2) is 22.2 Å². The van der Waals surface area contributed by atoms with Crippen molar-refractivity contribution in [3.05, 3.63) is 82.9 Å². The molecule has 180 valence electrons. The summed E-state index contributed by atoms with van der Waals surface area (Å²) < 4.78 is 0. The van der Waals surface area contributed by atoms with Gasteiger partial charge in [0.15, 0.2) is 0 Å². The fourth-order valence-corrected chi connectivity index (χ4v) is 6.22. The maximum Gasteiger partial charge on any atom is 0.336 e. The van der Waals surface area contributed by atoms with Crippen LogP contribution in [0.1, 0.15) is 101 Å². The van der Waals surface area contributed by atoms with Gasteiger partial charge >= 0.3 is 11.9 Å². The highest BCUT2D eigenvalue weighted by Gasteiger charge is 2.28. The molecule has 3 aromatic carbocycles. The molecule has 2 N–H and O–H groups in total. The maximum absolute atomic E-state index is 12.3. The smallest absolute Gasteiger partial charge is 0.336 e. The zero-order chi connectivity index (χ0) is 24.4. The molecule has 0 unspecified atom stereocenters. The minimum atomic E-state index is -0.969. The molecule has 0 atom stereocenters. The number of aromatic carboxylic acids is 2. The molecule has 2 aliphatic rings. The van der Waals surface area contributed by atoms with Gasteiger partial charge in [-0.15, -0.1) is 0 Å². The third-order valence-electron chi connectivity index (χ3n) is 7.94. The molecule has 2 aliphatic carbocycles. The number of rotatable bonds is 6. The third-order valence-corrected chi connectivity index (χ3v) is 7.94. The third kappa shape index (κ3) is 4.62. The summed E-state index contributed by atoms with van der Waals surface area (Å²) in [5.41, 5.74) is 6.05. The highest BCUT2D eigenvalue weighted by atomic mass is 16.4. The first-order valence-corrected chi connectivity index (χ1v) is 12.9. The van der Waals surface area contributed by atoms with E-state index in [1.54, 1.807) is 24.3 Å². The number of carboxylic acid groups (broad SMARTS) is 2. The van der Waals surface area contributed by atoms with Crippen LogP contribution in [0.2, 0.25) is 0 Å². The minimum absolute atomic E-state index is 0.250. The standard InChI is InChI=1S/C31H32O4/c32-30(33)25-16-8-6-14-23(25)28-19-22(20-10-4-5-11-20)18-27(21-12-2-1-3-13-21)29(28)24-15-7-9-17-26(24)31(34)35/h6-9,14-21H,1-5,10-13H2,(H,32,33)(H,34,35). The summed E-state index contributed by atoms with van der Waals surface area (Å²) in [6, 6.07) is 18.8. The van der Waals surface area contributed by atoms with Crippen LogP contribution in [0.15, 0.2) is 60.7 Å². The van der Waals surface area contributed by atoms with Gasteiger partial charge in [-0.1, -0.05) is 80.6 Å². The lowest BCUT2D eigenvalue weighted by atomic mass is 9.75. The Morgan fingerprint density at radius 1 is 0.600 bits per heavy atom.